The molecule has 1 N–H and O–H groups in total. The summed E-state index contributed by atoms with van der Waals surface area (Å²) in [7, 11) is 0. The first kappa shape index (κ1) is 20.1. The molecule has 3 aromatic rings. The van der Waals surface area contributed by atoms with Gasteiger partial charge in [-0.2, -0.15) is 13.2 Å². The van der Waals surface area contributed by atoms with Gasteiger partial charge in [-0.15, -0.1) is 0 Å². The standard InChI is InChI=1S/C20H14F3NO5/c1-11(18(26)24-13-8-6-12(7-9-13)20(21,22)23)28-19(27)17-10-15(25)14-4-2-3-5-16(14)29-17/h2-11H,1H3,(H,24,26). The van der Waals surface area contributed by atoms with Crippen molar-refractivity contribution in [1.82, 2.24) is 0 Å². The third-order valence-electron chi connectivity index (χ3n) is 3.97. The van der Waals surface area contributed by atoms with E-state index in [-0.39, 0.29) is 22.4 Å². The van der Waals surface area contributed by atoms with Crippen molar-refractivity contribution in [1.29, 1.82) is 0 Å². The van der Waals surface area contributed by atoms with Gasteiger partial charge < -0.3 is 14.5 Å². The highest BCUT2D eigenvalue weighted by Gasteiger charge is 2.30. The van der Waals surface area contributed by atoms with Crippen molar-refractivity contribution >= 4 is 28.5 Å². The SMILES string of the molecule is CC(OC(=O)c1cc(=O)c2ccccc2o1)C(=O)Nc1ccc(C(F)(F)F)cc1. The maximum absolute atomic E-state index is 12.6. The summed E-state index contributed by atoms with van der Waals surface area (Å²) in [6.45, 7) is 1.27. The quantitative estimate of drug-likeness (QED) is 0.664. The summed E-state index contributed by atoms with van der Waals surface area (Å²) in [6.07, 6.45) is -5.78. The van der Waals surface area contributed by atoms with Gasteiger partial charge in [0.25, 0.3) is 5.91 Å². The zero-order chi connectivity index (χ0) is 21.2. The van der Waals surface area contributed by atoms with Gasteiger partial charge in [-0.3, -0.25) is 9.59 Å². The van der Waals surface area contributed by atoms with E-state index in [1.165, 1.54) is 19.1 Å². The number of rotatable bonds is 4. The van der Waals surface area contributed by atoms with E-state index in [1.807, 2.05) is 0 Å². The molecule has 1 amide bonds. The highest BCUT2D eigenvalue weighted by molar-refractivity contribution is 5.97. The van der Waals surface area contributed by atoms with E-state index in [9.17, 15) is 27.6 Å². The highest BCUT2D eigenvalue weighted by Crippen LogP contribution is 2.29. The lowest BCUT2D eigenvalue weighted by molar-refractivity contribution is -0.137. The van der Waals surface area contributed by atoms with Gasteiger partial charge in [0.1, 0.15) is 5.58 Å². The molecule has 6 nitrogen and oxygen atoms in total. The molecule has 0 bridgehead atoms. The van der Waals surface area contributed by atoms with Crippen LogP contribution < -0.4 is 10.7 Å². The first-order valence-electron chi connectivity index (χ1n) is 8.37. The fourth-order valence-electron chi connectivity index (χ4n) is 2.46. The van der Waals surface area contributed by atoms with Gasteiger partial charge in [0.2, 0.25) is 5.76 Å². The van der Waals surface area contributed by atoms with Gasteiger partial charge >= 0.3 is 12.1 Å². The summed E-state index contributed by atoms with van der Waals surface area (Å²) in [4.78, 5) is 36.4. The highest BCUT2D eigenvalue weighted by atomic mass is 19.4. The number of nitrogens with one attached hydrogen (secondary N) is 1. The molecule has 0 spiro atoms. The fourth-order valence-corrected chi connectivity index (χ4v) is 2.46. The molecule has 0 aliphatic carbocycles. The van der Waals surface area contributed by atoms with E-state index >= 15 is 0 Å². The normalized spacial score (nSPS) is 12.4. The van der Waals surface area contributed by atoms with Gasteiger partial charge in [0.05, 0.1) is 10.9 Å². The average molecular weight is 405 g/mol. The lowest BCUT2D eigenvalue weighted by Gasteiger charge is -2.14. The minimum absolute atomic E-state index is 0.100. The van der Waals surface area contributed by atoms with Gasteiger partial charge in [0, 0.05) is 11.8 Å². The fraction of sp³-hybridized carbons (Fsp3) is 0.150. The molecule has 1 aromatic heterocycles. The number of anilines is 1. The van der Waals surface area contributed by atoms with E-state index in [4.69, 9.17) is 9.15 Å². The largest absolute Gasteiger partial charge is 0.449 e. The molecule has 3 rings (SSSR count). The second-order valence-corrected chi connectivity index (χ2v) is 6.08. The number of benzene rings is 2. The number of fused-ring (bicyclic) bond motifs is 1. The van der Waals surface area contributed by atoms with E-state index in [1.54, 1.807) is 12.1 Å². The lowest BCUT2D eigenvalue weighted by Crippen LogP contribution is -2.30. The van der Waals surface area contributed by atoms with Crippen LogP contribution in [0.15, 0.2) is 63.8 Å². The molecular weight excluding hydrogens is 391 g/mol. The first-order chi connectivity index (χ1) is 13.6. The number of alkyl halides is 3. The Kier molecular flexibility index (Phi) is 5.40. The summed E-state index contributed by atoms with van der Waals surface area (Å²) < 4.78 is 48.0. The number of carbonyl (C=O) groups is 2. The minimum Gasteiger partial charge on any atom is -0.449 e. The molecule has 9 heteroatoms. The van der Waals surface area contributed by atoms with Crippen molar-refractivity contribution in [3.05, 3.63) is 76.1 Å². The van der Waals surface area contributed by atoms with Crippen LogP contribution in [0, 0.1) is 0 Å². The van der Waals surface area contributed by atoms with Crippen molar-refractivity contribution < 1.29 is 31.9 Å². The van der Waals surface area contributed by atoms with Crippen LogP contribution in [-0.2, 0) is 15.7 Å². The predicted octanol–water partition coefficient (Wildman–Crippen LogP) is 4.00. The zero-order valence-corrected chi connectivity index (χ0v) is 14.9. The molecular formula is C20H14F3NO5. The van der Waals surface area contributed by atoms with Crippen molar-refractivity contribution in [2.45, 2.75) is 19.2 Å². The molecule has 2 aromatic carbocycles. The first-order valence-corrected chi connectivity index (χ1v) is 8.37. The van der Waals surface area contributed by atoms with Crippen LogP contribution >= 0.6 is 0 Å². The summed E-state index contributed by atoms with van der Waals surface area (Å²) in [5.41, 5.74) is -1.01. The van der Waals surface area contributed by atoms with Gasteiger partial charge in [-0.1, -0.05) is 12.1 Å². The molecule has 1 atom stereocenters. The minimum atomic E-state index is -4.49. The molecule has 0 aliphatic heterocycles. The molecule has 0 saturated heterocycles. The number of halogens is 3. The summed E-state index contributed by atoms with van der Waals surface area (Å²) in [5, 5.41) is 2.63. The van der Waals surface area contributed by atoms with Crippen LogP contribution in [0.1, 0.15) is 23.0 Å². The van der Waals surface area contributed by atoms with Crippen LogP contribution in [0.5, 0.6) is 0 Å². The Labute approximate surface area is 161 Å². The van der Waals surface area contributed by atoms with Crippen LogP contribution in [0.2, 0.25) is 0 Å². The van der Waals surface area contributed by atoms with Crippen LogP contribution in [-0.4, -0.2) is 18.0 Å². The Morgan fingerprint density at radius 3 is 2.38 bits per heavy atom. The lowest BCUT2D eigenvalue weighted by atomic mass is 10.2. The molecule has 1 unspecified atom stereocenters. The maximum atomic E-state index is 12.6. The molecule has 150 valence electrons. The number of esters is 1. The van der Waals surface area contributed by atoms with Gasteiger partial charge in [-0.25, -0.2) is 4.79 Å². The van der Waals surface area contributed by atoms with Crippen LogP contribution in [0.25, 0.3) is 11.0 Å². The molecule has 0 radical (unpaired) electrons. The zero-order valence-electron chi connectivity index (χ0n) is 14.9. The molecule has 29 heavy (non-hydrogen) atoms. The molecule has 1 heterocycles. The Hall–Kier alpha value is -3.62. The van der Waals surface area contributed by atoms with Crippen molar-refractivity contribution in [2.75, 3.05) is 5.32 Å². The second-order valence-electron chi connectivity index (χ2n) is 6.08. The van der Waals surface area contributed by atoms with Crippen molar-refractivity contribution in [2.24, 2.45) is 0 Å². The molecule has 0 fully saturated rings. The summed E-state index contributed by atoms with van der Waals surface area (Å²) in [6, 6.07) is 11.1. The van der Waals surface area contributed by atoms with Crippen molar-refractivity contribution in [3.8, 4) is 0 Å². The van der Waals surface area contributed by atoms with Crippen LogP contribution in [0.4, 0.5) is 18.9 Å². The number of amides is 1. The number of hydrogen-bond acceptors (Lipinski definition) is 5. The van der Waals surface area contributed by atoms with Crippen LogP contribution in [0.3, 0.4) is 0 Å². The second kappa shape index (κ2) is 7.78. The van der Waals surface area contributed by atoms with E-state index in [2.05, 4.69) is 5.32 Å². The summed E-state index contributed by atoms with van der Waals surface area (Å²) in [5.74, 6) is -2.16. The van der Waals surface area contributed by atoms with Gasteiger partial charge in [0.15, 0.2) is 11.5 Å². The van der Waals surface area contributed by atoms with Crippen molar-refractivity contribution in [3.63, 3.8) is 0 Å². The number of ether oxygens (including phenoxy) is 1. The van der Waals surface area contributed by atoms with E-state index in [0.717, 1.165) is 30.3 Å². The third-order valence-corrected chi connectivity index (χ3v) is 3.97. The maximum Gasteiger partial charge on any atom is 0.416 e. The number of hydrogen-bond donors (Lipinski definition) is 1. The Morgan fingerprint density at radius 1 is 1.07 bits per heavy atom. The Bertz CT molecular complexity index is 1120. The number of para-hydroxylation sites is 1. The van der Waals surface area contributed by atoms with E-state index < -0.39 is 35.1 Å². The summed E-state index contributed by atoms with van der Waals surface area (Å²) >= 11 is 0. The smallest absolute Gasteiger partial charge is 0.416 e. The number of carbonyl (C=O) groups excluding carboxylic acids is 2. The average Bonchev–Trinajstić information content (AvgIpc) is 2.67. The Balaban J connectivity index is 1.68. The predicted molar refractivity (Wildman–Crippen MR) is 97.4 cm³/mol. The molecule has 0 aliphatic rings. The topological polar surface area (TPSA) is 85.6 Å². The third kappa shape index (κ3) is 4.63. The molecule has 0 saturated carbocycles. The Morgan fingerprint density at radius 2 is 1.72 bits per heavy atom. The van der Waals surface area contributed by atoms with Gasteiger partial charge in [-0.05, 0) is 43.3 Å². The van der Waals surface area contributed by atoms with E-state index in [0.29, 0.717) is 0 Å². The monoisotopic (exact) mass is 405 g/mol.